The lowest BCUT2D eigenvalue weighted by Gasteiger charge is -2.18. The largest absolute Gasteiger partial charge is 0.494 e. The third kappa shape index (κ3) is 8.40. The second-order valence-corrected chi connectivity index (χ2v) is 15.2. The minimum absolute atomic E-state index is 0.0169. The summed E-state index contributed by atoms with van der Waals surface area (Å²) in [7, 11) is 0. The quantitative estimate of drug-likeness (QED) is 0.0799. The van der Waals surface area contributed by atoms with E-state index in [0.717, 1.165) is 85.1 Å². The summed E-state index contributed by atoms with van der Waals surface area (Å²) < 4.78 is 40.0. The van der Waals surface area contributed by atoms with E-state index in [4.69, 9.17) is 21.1 Å². The second kappa shape index (κ2) is 17.3. The van der Waals surface area contributed by atoms with Crippen LogP contribution in [0.3, 0.4) is 0 Å². The number of carbonyl (C=O) groups is 2. The van der Waals surface area contributed by atoms with Crippen LogP contribution >= 0.6 is 11.6 Å². The van der Waals surface area contributed by atoms with Gasteiger partial charge in [0.2, 0.25) is 0 Å². The molecule has 0 amide bonds. The maximum Gasteiger partial charge on any atom is 0.163 e. The molecule has 58 heavy (non-hydrogen) atoms. The van der Waals surface area contributed by atoms with E-state index in [2.05, 4.69) is 35.1 Å². The first kappa shape index (κ1) is 39.0. The number of halogens is 3. The van der Waals surface area contributed by atoms with Crippen molar-refractivity contribution in [3.63, 3.8) is 0 Å². The summed E-state index contributed by atoms with van der Waals surface area (Å²) in [5.74, 6) is -0.0572. The number of aromatic amines is 2. The van der Waals surface area contributed by atoms with E-state index in [1.54, 1.807) is 6.07 Å². The number of carbonyl (C=O) groups excluding carboxylic acids is 2. The smallest absolute Gasteiger partial charge is 0.163 e. The first-order valence-electron chi connectivity index (χ1n) is 19.8. The van der Waals surface area contributed by atoms with Crippen LogP contribution in [0.4, 0.5) is 8.78 Å². The lowest BCUT2D eigenvalue weighted by molar-refractivity contribution is -0.123. The number of Topliss-reactive ketones (excluding diaryl/α,β-unsaturated/α-hetero) is 2. The number of fused-ring (bicyclic) bond motifs is 1. The van der Waals surface area contributed by atoms with E-state index in [0.29, 0.717) is 61.4 Å². The highest BCUT2D eigenvalue weighted by atomic mass is 35.5. The Morgan fingerprint density at radius 1 is 0.828 bits per heavy atom. The molecule has 0 fully saturated rings. The molecule has 1 aliphatic carbocycles. The lowest BCUT2D eigenvalue weighted by Crippen LogP contribution is -2.12. The zero-order valence-corrected chi connectivity index (χ0v) is 33.0. The van der Waals surface area contributed by atoms with Crippen molar-refractivity contribution in [3.05, 3.63) is 159 Å². The highest BCUT2D eigenvalue weighted by Crippen LogP contribution is 2.39. The third-order valence-electron chi connectivity index (χ3n) is 10.9. The van der Waals surface area contributed by atoms with Crippen molar-refractivity contribution in [2.45, 2.75) is 51.9 Å². The summed E-state index contributed by atoms with van der Waals surface area (Å²) in [6, 6.07) is 31.7. The van der Waals surface area contributed by atoms with Gasteiger partial charge in [0, 0.05) is 53.1 Å². The van der Waals surface area contributed by atoms with Crippen LogP contribution in [0.1, 0.15) is 77.2 Å². The maximum atomic E-state index is 14.3. The van der Waals surface area contributed by atoms with Crippen molar-refractivity contribution in [1.29, 1.82) is 0 Å². The predicted octanol–water partition coefficient (Wildman–Crippen LogP) is 12.1. The Balaban J connectivity index is 0.828. The van der Waals surface area contributed by atoms with Crippen LogP contribution < -0.4 is 4.74 Å². The number of aromatic nitrogens is 2. The minimum Gasteiger partial charge on any atom is -0.494 e. The van der Waals surface area contributed by atoms with Gasteiger partial charge in [-0.05, 0) is 130 Å². The zero-order chi connectivity index (χ0) is 40.2. The molecule has 0 atom stereocenters. The number of nitrogens with one attached hydrogen (secondary N) is 2. The SMILES string of the molecule is CC/C(=C(/c1ccc(OCCCOCC(=O)CCc2ccc(-c3[nH]c4cc(F)cc5c4c3CCCC5=O)cc2)cc1)c1ccc2[nH]ccc2c1)c1ccc(F)cc1Cl. The summed E-state index contributed by atoms with van der Waals surface area (Å²) in [5, 5.41) is 2.29. The van der Waals surface area contributed by atoms with E-state index in [-0.39, 0.29) is 24.0 Å². The highest BCUT2D eigenvalue weighted by molar-refractivity contribution is 6.32. The molecule has 0 aliphatic heterocycles. The lowest BCUT2D eigenvalue weighted by atomic mass is 9.87. The standard InChI is InChI=1S/C49H43ClF2N2O4/c1-2-39(40-19-15-35(51)27-43(40)50)47(34-14-20-44-33(25-34)21-22-53-44)31-12-17-38(18-13-31)58-24-4-23-57-29-37(55)16-9-30-7-10-32(11-8-30)49-41-5-3-6-46(56)42-26-36(52)28-45(54-49)48(41)42/h7-8,10-15,17-22,25-28,53-54H,2-6,9,16,23-24,29H2,1H3/b47-39+. The molecule has 0 spiro atoms. The molecule has 0 unspecified atom stereocenters. The molecular weight excluding hydrogens is 754 g/mol. The Bertz CT molecular complexity index is 2660. The molecule has 0 bridgehead atoms. The van der Waals surface area contributed by atoms with Crippen LogP contribution in [-0.2, 0) is 22.4 Å². The van der Waals surface area contributed by atoms with Gasteiger partial charge in [0.05, 0.1) is 18.2 Å². The topological polar surface area (TPSA) is 84.2 Å². The van der Waals surface area contributed by atoms with Gasteiger partial charge in [0.25, 0.3) is 0 Å². The molecule has 2 heterocycles. The molecule has 7 aromatic rings. The number of allylic oxidation sites excluding steroid dienone is 1. The Morgan fingerprint density at radius 3 is 2.43 bits per heavy atom. The predicted molar refractivity (Wildman–Crippen MR) is 228 cm³/mol. The van der Waals surface area contributed by atoms with Gasteiger partial charge in [-0.25, -0.2) is 8.78 Å². The number of rotatable bonds is 15. The van der Waals surface area contributed by atoms with Crippen LogP contribution in [0.25, 0.3) is 44.2 Å². The molecule has 0 saturated carbocycles. The number of hydrogen-bond acceptors (Lipinski definition) is 4. The van der Waals surface area contributed by atoms with Crippen molar-refractivity contribution in [2.75, 3.05) is 19.8 Å². The molecule has 1 aliphatic rings. The summed E-state index contributed by atoms with van der Waals surface area (Å²) in [5.41, 5.74) is 11.0. The minimum atomic E-state index is -0.417. The normalized spacial score (nSPS) is 13.2. The molecule has 294 valence electrons. The number of benzene rings is 5. The fraction of sp³-hybridized carbons (Fsp3) is 0.224. The van der Waals surface area contributed by atoms with E-state index in [9.17, 15) is 18.4 Å². The Hall–Kier alpha value is -5.83. The maximum absolute atomic E-state index is 14.3. The van der Waals surface area contributed by atoms with E-state index in [1.807, 2.05) is 60.8 Å². The first-order chi connectivity index (χ1) is 28.2. The summed E-state index contributed by atoms with van der Waals surface area (Å²) in [6.07, 6.45) is 6.08. The van der Waals surface area contributed by atoms with Crippen molar-refractivity contribution < 1.29 is 27.8 Å². The van der Waals surface area contributed by atoms with Crippen molar-refractivity contribution in [3.8, 4) is 17.0 Å². The van der Waals surface area contributed by atoms with Crippen molar-refractivity contribution in [2.24, 2.45) is 0 Å². The van der Waals surface area contributed by atoms with Crippen LogP contribution in [0.15, 0.2) is 109 Å². The number of H-pyrrole nitrogens is 2. The number of aryl methyl sites for hydroxylation is 2. The van der Waals surface area contributed by atoms with Gasteiger partial charge in [0.15, 0.2) is 11.6 Å². The summed E-state index contributed by atoms with van der Waals surface area (Å²) in [4.78, 5) is 31.9. The van der Waals surface area contributed by atoms with Gasteiger partial charge in [0.1, 0.15) is 24.0 Å². The Labute approximate surface area is 340 Å². The molecule has 9 heteroatoms. The van der Waals surface area contributed by atoms with Gasteiger partial charge < -0.3 is 19.4 Å². The average Bonchev–Trinajstić information content (AvgIpc) is 3.81. The van der Waals surface area contributed by atoms with Gasteiger partial charge in [-0.15, -0.1) is 0 Å². The molecule has 5 aromatic carbocycles. The zero-order valence-electron chi connectivity index (χ0n) is 32.2. The summed E-state index contributed by atoms with van der Waals surface area (Å²) in [6.45, 7) is 2.95. The van der Waals surface area contributed by atoms with Gasteiger partial charge in [-0.3, -0.25) is 9.59 Å². The number of ketones is 2. The molecule has 2 N–H and O–H groups in total. The fourth-order valence-electron chi connectivity index (χ4n) is 8.05. The number of ether oxygens (including phenoxy) is 2. The second-order valence-electron chi connectivity index (χ2n) is 14.8. The average molecular weight is 797 g/mol. The molecule has 0 radical (unpaired) electrons. The molecular formula is C49H43ClF2N2O4. The van der Waals surface area contributed by atoms with Gasteiger partial charge >= 0.3 is 0 Å². The number of hydrogen-bond donors (Lipinski definition) is 2. The van der Waals surface area contributed by atoms with Crippen molar-refractivity contribution >= 4 is 56.1 Å². The Kier molecular flexibility index (Phi) is 11.7. The Morgan fingerprint density at radius 2 is 1.64 bits per heavy atom. The van der Waals surface area contributed by atoms with E-state index in [1.165, 1.54) is 24.3 Å². The van der Waals surface area contributed by atoms with Crippen molar-refractivity contribution in [1.82, 2.24) is 9.97 Å². The molecule has 0 saturated heterocycles. The fourth-order valence-corrected chi connectivity index (χ4v) is 8.33. The third-order valence-corrected chi connectivity index (χ3v) is 11.2. The summed E-state index contributed by atoms with van der Waals surface area (Å²) >= 11 is 6.59. The van der Waals surface area contributed by atoms with Crippen LogP contribution in [0.2, 0.25) is 5.02 Å². The van der Waals surface area contributed by atoms with Gasteiger partial charge in [-0.2, -0.15) is 0 Å². The van der Waals surface area contributed by atoms with E-state index < -0.39 is 5.82 Å². The van der Waals surface area contributed by atoms with E-state index >= 15 is 0 Å². The molecule has 2 aromatic heterocycles. The molecule has 8 rings (SSSR count). The monoisotopic (exact) mass is 796 g/mol. The molecule has 6 nitrogen and oxygen atoms in total. The first-order valence-corrected chi connectivity index (χ1v) is 20.2. The highest BCUT2D eigenvalue weighted by Gasteiger charge is 2.24. The van der Waals surface area contributed by atoms with Crippen LogP contribution in [-0.4, -0.2) is 41.4 Å². The van der Waals surface area contributed by atoms with Crippen LogP contribution in [0, 0.1) is 11.6 Å². The van der Waals surface area contributed by atoms with Crippen LogP contribution in [0.5, 0.6) is 5.75 Å². The van der Waals surface area contributed by atoms with Gasteiger partial charge in [-0.1, -0.05) is 67.1 Å².